The van der Waals surface area contributed by atoms with Crippen molar-refractivity contribution in [3.05, 3.63) is 36.3 Å². The molecule has 1 unspecified atom stereocenters. The van der Waals surface area contributed by atoms with Crippen molar-refractivity contribution in [1.82, 2.24) is 20.1 Å². The fraction of sp³-hybridized carbons (Fsp3) is 0.438. The van der Waals surface area contributed by atoms with E-state index in [4.69, 9.17) is 0 Å². The van der Waals surface area contributed by atoms with Crippen LogP contribution in [0.2, 0.25) is 0 Å². The van der Waals surface area contributed by atoms with E-state index in [1.807, 2.05) is 6.92 Å². The highest BCUT2D eigenvalue weighted by Gasteiger charge is 2.29. The first-order valence-electron chi connectivity index (χ1n) is 8.18. The summed E-state index contributed by atoms with van der Waals surface area (Å²) in [5.74, 6) is 0.514. The first-order chi connectivity index (χ1) is 12.4. The zero-order chi connectivity index (χ0) is 18.7. The fourth-order valence-corrected chi connectivity index (χ4v) is 2.86. The van der Waals surface area contributed by atoms with Crippen LogP contribution in [-0.2, 0) is 11.3 Å². The minimum atomic E-state index is -4.31. The monoisotopic (exact) mass is 368 g/mol. The number of carbonyl (C=O) groups is 1. The molecule has 2 N–H and O–H groups in total. The standard InChI is InChI=1S/C16H19F3N6O/c1-2-12(11-6-22-25(7-11)9-16(17,18)19)21-10-24-8-14(26)23-13-4-3-5-20-15(13)24/h3-7,12,21H,2,8-10H2,1H3,(H,23,26). The van der Waals surface area contributed by atoms with E-state index < -0.39 is 12.7 Å². The normalized spacial score (nSPS) is 15.5. The Kier molecular flexibility index (Phi) is 5.12. The third-order valence-electron chi connectivity index (χ3n) is 4.03. The molecule has 0 bridgehead atoms. The molecule has 1 amide bonds. The number of halogens is 3. The number of fused-ring (bicyclic) bond motifs is 1. The summed E-state index contributed by atoms with van der Waals surface area (Å²) in [7, 11) is 0. The molecule has 0 spiro atoms. The van der Waals surface area contributed by atoms with Crippen LogP contribution in [0.25, 0.3) is 0 Å². The summed E-state index contributed by atoms with van der Waals surface area (Å²) in [6.07, 6.45) is 0.815. The van der Waals surface area contributed by atoms with E-state index in [-0.39, 0.29) is 18.5 Å². The second-order valence-electron chi connectivity index (χ2n) is 6.03. The number of amides is 1. The average molecular weight is 368 g/mol. The van der Waals surface area contributed by atoms with Gasteiger partial charge in [-0.2, -0.15) is 18.3 Å². The molecule has 2 aromatic rings. The Morgan fingerprint density at radius 1 is 1.42 bits per heavy atom. The molecular weight excluding hydrogens is 349 g/mol. The Hall–Kier alpha value is -2.62. The summed E-state index contributed by atoms with van der Waals surface area (Å²) in [6.45, 7) is 1.29. The maximum atomic E-state index is 12.5. The van der Waals surface area contributed by atoms with E-state index in [1.54, 1.807) is 23.2 Å². The summed E-state index contributed by atoms with van der Waals surface area (Å²) in [5.41, 5.74) is 1.30. The van der Waals surface area contributed by atoms with E-state index in [2.05, 4.69) is 20.7 Å². The molecule has 0 aliphatic carbocycles. The number of nitrogens with zero attached hydrogens (tertiary/aromatic N) is 4. The van der Waals surface area contributed by atoms with Gasteiger partial charge in [0.05, 0.1) is 25.1 Å². The molecule has 1 aliphatic heterocycles. The number of carbonyl (C=O) groups excluding carboxylic acids is 1. The van der Waals surface area contributed by atoms with Gasteiger partial charge in [0.2, 0.25) is 5.91 Å². The molecule has 0 radical (unpaired) electrons. The van der Waals surface area contributed by atoms with Crippen molar-refractivity contribution in [3.63, 3.8) is 0 Å². The summed E-state index contributed by atoms with van der Waals surface area (Å²) >= 11 is 0. The van der Waals surface area contributed by atoms with Crippen molar-refractivity contribution in [1.29, 1.82) is 0 Å². The Bertz CT molecular complexity index is 775. The van der Waals surface area contributed by atoms with Gasteiger partial charge >= 0.3 is 6.18 Å². The molecule has 1 atom stereocenters. The molecule has 0 saturated heterocycles. The molecule has 3 heterocycles. The third kappa shape index (κ3) is 4.31. The molecule has 10 heteroatoms. The van der Waals surface area contributed by atoms with Gasteiger partial charge in [0.25, 0.3) is 0 Å². The highest BCUT2D eigenvalue weighted by molar-refractivity contribution is 6.00. The minimum absolute atomic E-state index is 0.140. The van der Waals surface area contributed by atoms with Gasteiger partial charge in [-0.05, 0) is 18.6 Å². The van der Waals surface area contributed by atoms with Crippen LogP contribution in [0.5, 0.6) is 0 Å². The average Bonchev–Trinajstić information content (AvgIpc) is 3.01. The lowest BCUT2D eigenvalue weighted by Crippen LogP contribution is -2.44. The molecule has 0 aromatic carbocycles. The first kappa shape index (κ1) is 18.2. The first-order valence-corrected chi connectivity index (χ1v) is 8.18. The molecule has 3 rings (SSSR count). The second-order valence-corrected chi connectivity index (χ2v) is 6.03. The van der Waals surface area contributed by atoms with Gasteiger partial charge in [-0.25, -0.2) is 4.98 Å². The molecule has 0 saturated carbocycles. The van der Waals surface area contributed by atoms with Crippen LogP contribution in [0.4, 0.5) is 24.7 Å². The topological polar surface area (TPSA) is 75.1 Å². The molecule has 7 nitrogen and oxygen atoms in total. The summed E-state index contributed by atoms with van der Waals surface area (Å²) in [4.78, 5) is 17.9. The largest absolute Gasteiger partial charge is 0.408 e. The Morgan fingerprint density at radius 3 is 2.96 bits per heavy atom. The van der Waals surface area contributed by atoms with Gasteiger partial charge in [-0.15, -0.1) is 0 Å². The van der Waals surface area contributed by atoms with E-state index in [0.717, 1.165) is 4.68 Å². The van der Waals surface area contributed by atoms with Crippen molar-refractivity contribution in [2.75, 3.05) is 23.4 Å². The van der Waals surface area contributed by atoms with Gasteiger partial charge in [0, 0.05) is 24.0 Å². The SMILES string of the molecule is CCC(NCN1CC(=O)Nc2cccnc21)c1cnn(CC(F)(F)F)c1. The highest BCUT2D eigenvalue weighted by Crippen LogP contribution is 2.26. The van der Waals surface area contributed by atoms with Crippen LogP contribution in [0.3, 0.4) is 0 Å². The summed E-state index contributed by atoms with van der Waals surface area (Å²) in [5, 5.41) is 9.80. The quantitative estimate of drug-likeness (QED) is 0.818. The van der Waals surface area contributed by atoms with Crippen molar-refractivity contribution < 1.29 is 18.0 Å². The number of pyridine rings is 1. The Morgan fingerprint density at radius 2 is 2.23 bits per heavy atom. The van der Waals surface area contributed by atoms with Crippen LogP contribution in [-0.4, -0.2) is 40.1 Å². The molecule has 1 aliphatic rings. The van der Waals surface area contributed by atoms with Crippen molar-refractivity contribution >= 4 is 17.4 Å². The van der Waals surface area contributed by atoms with Crippen LogP contribution in [0, 0.1) is 0 Å². The molecular formula is C16H19F3N6O. The van der Waals surface area contributed by atoms with E-state index in [1.165, 1.54) is 12.4 Å². The van der Waals surface area contributed by atoms with E-state index in [0.29, 0.717) is 30.2 Å². The van der Waals surface area contributed by atoms with E-state index in [9.17, 15) is 18.0 Å². The zero-order valence-electron chi connectivity index (χ0n) is 14.1. The van der Waals surface area contributed by atoms with Crippen molar-refractivity contribution in [2.45, 2.75) is 32.1 Å². The zero-order valence-corrected chi connectivity index (χ0v) is 14.1. The number of anilines is 2. The minimum Gasteiger partial charge on any atom is -0.333 e. The Labute approximate surface area is 148 Å². The number of hydrogen-bond acceptors (Lipinski definition) is 5. The van der Waals surface area contributed by atoms with Gasteiger partial charge in [-0.1, -0.05) is 6.92 Å². The predicted molar refractivity (Wildman–Crippen MR) is 89.5 cm³/mol. The summed E-state index contributed by atoms with van der Waals surface area (Å²) in [6, 6.07) is 3.32. The van der Waals surface area contributed by atoms with Gasteiger partial charge in [-0.3, -0.25) is 14.8 Å². The van der Waals surface area contributed by atoms with E-state index >= 15 is 0 Å². The molecule has 2 aromatic heterocycles. The number of rotatable bonds is 6. The second kappa shape index (κ2) is 7.32. The number of alkyl halides is 3. The number of aromatic nitrogens is 3. The van der Waals surface area contributed by atoms with Crippen LogP contribution >= 0.6 is 0 Å². The Balaban J connectivity index is 1.67. The van der Waals surface area contributed by atoms with Crippen LogP contribution in [0.1, 0.15) is 24.9 Å². The lowest BCUT2D eigenvalue weighted by atomic mass is 10.1. The maximum absolute atomic E-state index is 12.5. The predicted octanol–water partition coefficient (Wildman–Crippen LogP) is 2.30. The fourth-order valence-electron chi connectivity index (χ4n) is 2.86. The third-order valence-corrected chi connectivity index (χ3v) is 4.03. The number of hydrogen-bond donors (Lipinski definition) is 2. The lowest BCUT2D eigenvalue weighted by Gasteiger charge is -2.31. The van der Waals surface area contributed by atoms with Crippen molar-refractivity contribution in [3.8, 4) is 0 Å². The van der Waals surface area contributed by atoms with Gasteiger partial charge in [0.1, 0.15) is 6.54 Å². The van der Waals surface area contributed by atoms with Gasteiger partial charge in [0.15, 0.2) is 5.82 Å². The van der Waals surface area contributed by atoms with Crippen LogP contribution in [0.15, 0.2) is 30.7 Å². The highest BCUT2D eigenvalue weighted by atomic mass is 19.4. The summed E-state index contributed by atoms with van der Waals surface area (Å²) < 4.78 is 38.3. The molecule has 140 valence electrons. The van der Waals surface area contributed by atoms with Crippen LogP contribution < -0.4 is 15.5 Å². The maximum Gasteiger partial charge on any atom is 0.408 e. The van der Waals surface area contributed by atoms with Gasteiger partial charge < -0.3 is 10.2 Å². The number of nitrogens with one attached hydrogen (secondary N) is 2. The van der Waals surface area contributed by atoms with Crippen molar-refractivity contribution in [2.24, 2.45) is 0 Å². The molecule has 26 heavy (non-hydrogen) atoms. The lowest BCUT2D eigenvalue weighted by molar-refractivity contribution is -0.142. The molecule has 0 fully saturated rings. The smallest absolute Gasteiger partial charge is 0.333 e.